The average molecular weight is 311 g/mol. The van der Waals surface area contributed by atoms with Crippen molar-refractivity contribution < 1.29 is 8.42 Å². The molecular weight excluding hydrogens is 286 g/mol. The zero-order valence-electron chi connectivity index (χ0n) is 12.7. The van der Waals surface area contributed by atoms with Crippen molar-refractivity contribution in [2.75, 3.05) is 13.1 Å². The topological polar surface area (TPSA) is 76.3 Å². The minimum atomic E-state index is -3.54. The third-order valence-corrected chi connectivity index (χ3v) is 6.33. The Morgan fingerprint density at radius 1 is 1.33 bits per heavy atom. The van der Waals surface area contributed by atoms with Crippen LogP contribution in [-0.2, 0) is 10.0 Å². The van der Waals surface area contributed by atoms with E-state index in [4.69, 9.17) is 5.73 Å². The number of nitrogens with zero attached hydrogens (tertiary/aromatic N) is 2. The summed E-state index contributed by atoms with van der Waals surface area (Å²) in [5, 5.41) is 0. The predicted octanol–water partition coefficient (Wildman–Crippen LogP) is 2.14. The molecule has 2 N–H and O–H groups in total. The summed E-state index contributed by atoms with van der Waals surface area (Å²) in [7, 11) is -3.54. The van der Waals surface area contributed by atoms with Gasteiger partial charge in [0.1, 0.15) is 4.90 Å². The summed E-state index contributed by atoms with van der Waals surface area (Å²) in [6.07, 6.45) is 8.73. The lowest BCUT2D eigenvalue weighted by atomic mass is 9.81. The van der Waals surface area contributed by atoms with Crippen LogP contribution in [0.5, 0.6) is 0 Å². The van der Waals surface area contributed by atoms with E-state index >= 15 is 0 Å². The van der Waals surface area contributed by atoms with E-state index < -0.39 is 15.6 Å². The molecule has 1 aliphatic carbocycles. The van der Waals surface area contributed by atoms with Crippen LogP contribution in [0.1, 0.15) is 45.4 Å². The van der Waals surface area contributed by atoms with Gasteiger partial charge in [0, 0.05) is 31.0 Å². The average Bonchev–Trinajstić information content (AvgIpc) is 2.54. The van der Waals surface area contributed by atoms with Crippen molar-refractivity contribution in [3.05, 3.63) is 24.5 Å². The summed E-state index contributed by atoms with van der Waals surface area (Å²) in [5.41, 5.74) is 5.59. The molecule has 1 aromatic heterocycles. The van der Waals surface area contributed by atoms with Crippen LogP contribution in [0.3, 0.4) is 0 Å². The fraction of sp³-hybridized carbons (Fsp3) is 0.667. The monoisotopic (exact) mass is 311 g/mol. The van der Waals surface area contributed by atoms with Gasteiger partial charge >= 0.3 is 0 Å². The van der Waals surface area contributed by atoms with E-state index in [0.29, 0.717) is 13.1 Å². The van der Waals surface area contributed by atoms with Gasteiger partial charge in [-0.3, -0.25) is 4.98 Å². The van der Waals surface area contributed by atoms with Gasteiger partial charge in [0.25, 0.3) is 0 Å². The van der Waals surface area contributed by atoms with Crippen LogP contribution in [-0.4, -0.2) is 36.3 Å². The summed E-state index contributed by atoms with van der Waals surface area (Å²) in [6.45, 7) is 2.89. The van der Waals surface area contributed by atoms with Crippen LogP contribution in [0.25, 0.3) is 0 Å². The summed E-state index contributed by atoms with van der Waals surface area (Å²) >= 11 is 0. The molecule has 21 heavy (non-hydrogen) atoms. The van der Waals surface area contributed by atoms with E-state index in [0.717, 1.165) is 38.5 Å². The van der Waals surface area contributed by atoms with Crippen LogP contribution in [0, 0.1) is 0 Å². The van der Waals surface area contributed by atoms with Crippen LogP contribution in [0.2, 0.25) is 0 Å². The quantitative estimate of drug-likeness (QED) is 0.873. The van der Waals surface area contributed by atoms with E-state index in [1.807, 2.05) is 6.92 Å². The molecule has 0 amide bonds. The zero-order chi connectivity index (χ0) is 15.3. The molecule has 1 saturated carbocycles. The van der Waals surface area contributed by atoms with Crippen molar-refractivity contribution in [2.45, 2.75) is 55.9 Å². The van der Waals surface area contributed by atoms with Gasteiger partial charge < -0.3 is 5.73 Å². The minimum Gasteiger partial charge on any atom is -0.329 e. The van der Waals surface area contributed by atoms with Gasteiger partial charge in [-0.05, 0) is 31.4 Å². The first kappa shape index (κ1) is 16.4. The third-order valence-electron chi connectivity index (χ3n) is 4.34. The molecular formula is C15H25N3O2S. The maximum Gasteiger partial charge on any atom is 0.245 e. The molecule has 0 unspecified atom stereocenters. The highest BCUT2D eigenvalue weighted by Crippen LogP contribution is 2.36. The smallest absolute Gasteiger partial charge is 0.245 e. The maximum absolute atomic E-state index is 13.0. The Morgan fingerprint density at radius 3 is 2.57 bits per heavy atom. The summed E-state index contributed by atoms with van der Waals surface area (Å²) < 4.78 is 27.7. The van der Waals surface area contributed by atoms with Gasteiger partial charge in [-0.25, -0.2) is 8.42 Å². The number of aromatic nitrogens is 1. The second-order valence-electron chi connectivity index (χ2n) is 5.76. The molecule has 0 radical (unpaired) electrons. The second kappa shape index (κ2) is 6.85. The van der Waals surface area contributed by atoms with E-state index in [9.17, 15) is 8.42 Å². The molecule has 0 aromatic carbocycles. The number of nitrogens with two attached hydrogens (primary N) is 1. The van der Waals surface area contributed by atoms with Gasteiger partial charge in [-0.2, -0.15) is 4.31 Å². The fourth-order valence-electron chi connectivity index (χ4n) is 3.21. The Kier molecular flexibility index (Phi) is 5.35. The zero-order valence-corrected chi connectivity index (χ0v) is 13.5. The number of sulfonamides is 1. The van der Waals surface area contributed by atoms with Crippen LogP contribution in [0.15, 0.2) is 29.4 Å². The lowest BCUT2D eigenvalue weighted by Crippen LogP contribution is -2.57. The first-order chi connectivity index (χ1) is 10.1. The van der Waals surface area contributed by atoms with Crippen LogP contribution in [0.4, 0.5) is 0 Å². The molecule has 1 heterocycles. The molecule has 1 aliphatic rings. The Bertz CT molecular complexity index is 539. The van der Waals surface area contributed by atoms with Crippen molar-refractivity contribution in [3.8, 4) is 0 Å². The van der Waals surface area contributed by atoms with E-state index in [1.165, 1.54) is 6.20 Å². The van der Waals surface area contributed by atoms with Gasteiger partial charge in [0.2, 0.25) is 10.0 Å². The highest BCUT2D eigenvalue weighted by molar-refractivity contribution is 7.89. The van der Waals surface area contributed by atoms with Gasteiger partial charge in [-0.15, -0.1) is 0 Å². The summed E-state index contributed by atoms with van der Waals surface area (Å²) in [6, 6.07) is 3.27. The number of hydrogen-bond acceptors (Lipinski definition) is 4. The Hall–Kier alpha value is -0.980. The molecule has 2 rings (SSSR count). The van der Waals surface area contributed by atoms with Crippen molar-refractivity contribution in [1.82, 2.24) is 9.29 Å². The SMILES string of the molecule is CCCN(C1(CN)CCCCC1)S(=O)(=O)c1cccnc1. The molecule has 0 bridgehead atoms. The van der Waals surface area contributed by atoms with Crippen LogP contribution < -0.4 is 5.73 Å². The molecule has 118 valence electrons. The van der Waals surface area contributed by atoms with Gasteiger partial charge in [0.05, 0.1) is 0 Å². The predicted molar refractivity (Wildman–Crippen MR) is 83.3 cm³/mol. The Labute approximate surface area is 127 Å². The first-order valence-electron chi connectivity index (χ1n) is 7.70. The van der Waals surface area contributed by atoms with Crippen molar-refractivity contribution in [2.24, 2.45) is 5.73 Å². The molecule has 5 nitrogen and oxygen atoms in total. The third kappa shape index (κ3) is 3.27. The van der Waals surface area contributed by atoms with E-state index in [1.54, 1.807) is 22.6 Å². The summed E-state index contributed by atoms with van der Waals surface area (Å²) in [4.78, 5) is 4.21. The summed E-state index contributed by atoms with van der Waals surface area (Å²) in [5.74, 6) is 0. The molecule has 1 fully saturated rings. The second-order valence-corrected chi connectivity index (χ2v) is 7.62. The molecule has 0 spiro atoms. The van der Waals surface area contributed by atoms with Crippen molar-refractivity contribution >= 4 is 10.0 Å². The molecule has 0 saturated heterocycles. The highest BCUT2D eigenvalue weighted by Gasteiger charge is 2.43. The standard InChI is InChI=1S/C15H25N3O2S/c1-2-11-18(15(13-16)8-4-3-5-9-15)21(19,20)14-7-6-10-17-12-14/h6-7,10,12H,2-5,8-9,11,13,16H2,1H3. The van der Waals surface area contributed by atoms with Crippen molar-refractivity contribution in [1.29, 1.82) is 0 Å². The minimum absolute atomic E-state index is 0.261. The highest BCUT2D eigenvalue weighted by atomic mass is 32.2. The first-order valence-corrected chi connectivity index (χ1v) is 9.14. The van der Waals surface area contributed by atoms with E-state index in [2.05, 4.69) is 4.98 Å². The normalized spacial score (nSPS) is 18.8. The van der Waals surface area contributed by atoms with Crippen molar-refractivity contribution in [3.63, 3.8) is 0 Å². The van der Waals surface area contributed by atoms with Gasteiger partial charge in [0.15, 0.2) is 0 Å². The molecule has 1 aromatic rings. The maximum atomic E-state index is 13.0. The fourth-order valence-corrected chi connectivity index (χ4v) is 5.10. The number of hydrogen-bond donors (Lipinski definition) is 1. The van der Waals surface area contributed by atoms with Gasteiger partial charge in [-0.1, -0.05) is 26.2 Å². The number of rotatable bonds is 6. The Balaban J connectivity index is 2.42. The molecule has 0 aliphatic heterocycles. The Morgan fingerprint density at radius 2 is 2.05 bits per heavy atom. The van der Waals surface area contributed by atoms with Crippen LogP contribution >= 0.6 is 0 Å². The molecule has 6 heteroatoms. The lowest BCUT2D eigenvalue weighted by Gasteiger charge is -2.44. The number of pyridine rings is 1. The largest absolute Gasteiger partial charge is 0.329 e. The lowest BCUT2D eigenvalue weighted by molar-refractivity contribution is 0.136. The molecule has 0 atom stereocenters. The van der Waals surface area contributed by atoms with E-state index in [-0.39, 0.29) is 4.90 Å².